The third-order valence-electron chi connectivity index (χ3n) is 6.96. The maximum Gasteiger partial charge on any atom is 0.333 e. The number of benzene rings is 1. The third-order valence-corrected chi connectivity index (χ3v) is 6.96. The SMILES string of the molecule is Cc1ccc(N2C(=O)N(CN3CCC(C(=O)N4CCCCCC4)CC3)C(=O)[C@@H]2C)cc1. The molecule has 1 aromatic carbocycles. The van der Waals surface area contributed by atoms with Gasteiger partial charge in [0.25, 0.3) is 5.91 Å². The molecule has 0 bridgehead atoms. The van der Waals surface area contributed by atoms with Crippen LogP contribution in [0.3, 0.4) is 0 Å². The molecule has 0 spiro atoms. The van der Waals surface area contributed by atoms with Gasteiger partial charge in [-0.05, 0) is 51.7 Å². The Labute approximate surface area is 185 Å². The largest absolute Gasteiger partial charge is 0.342 e. The minimum absolute atomic E-state index is 0.0716. The van der Waals surface area contributed by atoms with Crippen molar-refractivity contribution in [1.82, 2.24) is 14.7 Å². The molecule has 0 aromatic heterocycles. The molecular weight excluding hydrogens is 392 g/mol. The van der Waals surface area contributed by atoms with E-state index in [-0.39, 0.29) is 17.9 Å². The number of rotatable bonds is 4. The van der Waals surface area contributed by atoms with Crippen LogP contribution in [-0.4, -0.2) is 71.4 Å². The summed E-state index contributed by atoms with van der Waals surface area (Å²) >= 11 is 0. The zero-order valence-corrected chi connectivity index (χ0v) is 18.8. The molecule has 3 aliphatic rings. The molecule has 0 radical (unpaired) electrons. The first-order valence-corrected chi connectivity index (χ1v) is 11.7. The lowest BCUT2D eigenvalue weighted by Crippen LogP contribution is -2.47. The standard InChI is InChI=1S/C24H34N4O3/c1-18-7-9-21(10-8-18)28-19(2)22(29)27(24(28)31)17-25-15-11-20(12-16-25)23(30)26-13-5-3-4-6-14-26/h7-10,19-20H,3-6,11-17H2,1-2H3/t19-/m0/s1. The summed E-state index contributed by atoms with van der Waals surface area (Å²) in [7, 11) is 0. The van der Waals surface area contributed by atoms with Gasteiger partial charge in [0.05, 0.1) is 6.67 Å². The average molecular weight is 427 g/mol. The number of urea groups is 1. The summed E-state index contributed by atoms with van der Waals surface area (Å²) in [5, 5.41) is 0. The topological polar surface area (TPSA) is 64.2 Å². The number of amides is 4. The normalized spacial score (nSPS) is 24.1. The molecule has 0 unspecified atom stereocenters. The van der Waals surface area contributed by atoms with Gasteiger partial charge < -0.3 is 4.90 Å². The second-order valence-corrected chi connectivity index (χ2v) is 9.20. The molecule has 7 nitrogen and oxygen atoms in total. The minimum atomic E-state index is -0.502. The quantitative estimate of drug-likeness (QED) is 0.694. The average Bonchev–Trinajstić information content (AvgIpc) is 2.98. The van der Waals surface area contributed by atoms with Gasteiger partial charge in [-0.3, -0.25) is 19.4 Å². The van der Waals surface area contributed by atoms with E-state index < -0.39 is 6.04 Å². The third kappa shape index (κ3) is 4.61. The molecule has 168 valence electrons. The highest BCUT2D eigenvalue weighted by Crippen LogP contribution is 2.28. The predicted molar refractivity (Wildman–Crippen MR) is 120 cm³/mol. The number of hydrogen-bond acceptors (Lipinski definition) is 4. The van der Waals surface area contributed by atoms with Crippen LogP contribution in [0.2, 0.25) is 0 Å². The fourth-order valence-corrected chi connectivity index (χ4v) is 4.97. The molecule has 0 N–H and O–H groups in total. The Morgan fingerprint density at radius 2 is 1.55 bits per heavy atom. The highest BCUT2D eigenvalue weighted by atomic mass is 16.2. The van der Waals surface area contributed by atoms with Gasteiger partial charge in [0.2, 0.25) is 5.91 Å². The molecule has 3 saturated heterocycles. The number of imide groups is 1. The monoisotopic (exact) mass is 426 g/mol. The maximum absolute atomic E-state index is 13.0. The number of nitrogens with zero attached hydrogens (tertiary/aromatic N) is 4. The van der Waals surface area contributed by atoms with E-state index in [0.717, 1.165) is 63.1 Å². The second kappa shape index (κ2) is 9.39. The molecule has 1 atom stereocenters. The van der Waals surface area contributed by atoms with Crippen LogP contribution in [0.15, 0.2) is 24.3 Å². The summed E-state index contributed by atoms with van der Waals surface area (Å²) in [6.07, 6.45) is 6.25. The molecule has 3 heterocycles. The van der Waals surface area contributed by atoms with E-state index in [1.165, 1.54) is 17.7 Å². The maximum atomic E-state index is 13.0. The van der Waals surface area contributed by atoms with Crippen LogP contribution >= 0.6 is 0 Å². The first kappa shape index (κ1) is 21.8. The van der Waals surface area contributed by atoms with Crippen LogP contribution in [-0.2, 0) is 9.59 Å². The van der Waals surface area contributed by atoms with E-state index in [9.17, 15) is 14.4 Å². The summed E-state index contributed by atoms with van der Waals surface area (Å²) < 4.78 is 0. The Balaban J connectivity index is 1.33. The van der Waals surface area contributed by atoms with E-state index in [4.69, 9.17) is 0 Å². The predicted octanol–water partition coefficient (Wildman–Crippen LogP) is 3.22. The molecule has 3 aliphatic heterocycles. The van der Waals surface area contributed by atoms with Crippen molar-refractivity contribution in [3.63, 3.8) is 0 Å². The van der Waals surface area contributed by atoms with Gasteiger partial charge in [-0.25, -0.2) is 9.69 Å². The zero-order chi connectivity index (χ0) is 22.0. The fraction of sp³-hybridized carbons (Fsp3) is 0.625. The van der Waals surface area contributed by atoms with Crippen molar-refractivity contribution in [3.8, 4) is 0 Å². The minimum Gasteiger partial charge on any atom is -0.342 e. The number of anilines is 1. The molecule has 1 aromatic rings. The van der Waals surface area contributed by atoms with E-state index >= 15 is 0 Å². The van der Waals surface area contributed by atoms with Crippen LogP contribution in [0, 0.1) is 12.8 Å². The van der Waals surface area contributed by atoms with Crippen molar-refractivity contribution in [2.75, 3.05) is 37.7 Å². The Morgan fingerprint density at radius 1 is 0.935 bits per heavy atom. The van der Waals surface area contributed by atoms with Crippen molar-refractivity contribution >= 4 is 23.5 Å². The Morgan fingerprint density at radius 3 is 2.16 bits per heavy atom. The number of likely N-dealkylation sites (tertiary alicyclic amines) is 2. The van der Waals surface area contributed by atoms with Crippen molar-refractivity contribution in [2.24, 2.45) is 5.92 Å². The van der Waals surface area contributed by atoms with Crippen molar-refractivity contribution < 1.29 is 14.4 Å². The van der Waals surface area contributed by atoms with Crippen LogP contribution in [0.25, 0.3) is 0 Å². The lowest BCUT2D eigenvalue weighted by molar-refractivity contribution is -0.137. The fourth-order valence-electron chi connectivity index (χ4n) is 4.97. The van der Waals surface area contributed by atoms with Crippen molar-refractivity contribution in [3.05, 3.63) is 29.8 Å². The molecule has 4 rings (SSSR count). The molecule has 7 heteroatoms. The summed E-state index contributed by atoms with van der Waals surface area (Å²) in [6.45, 7) is 7.34. The van der Waals surface area contributed by atoms with Gasteiger partial charge in [-0.1, -0.05) is 30.5 Å². The number of carbonyl (C=O) groups is 3. The van der Waals surface area contributed by atoms with Crippen LogP contribution in [0.5, 0.6) is 0 Å². The van der Waals surface area contributed by atoms with E-state index in [1.54, 1.807) is 11.8 Å². The Kier molecular flexibility index (Phi) is 6.60. The van der Waals surface area contributed by atoms with Gasteiger partial charge in [-0.2, -0.15) is 0 Å². The molecule has 3 fully saturated rings. The van der Waals surface area contributed by atoms with Crippen molar-refractivity contribution in [2.45, 2.75) is 58.4 Å². The Hall–Kier alpha value is -2.41. The highest BCUT2D eigenvalue weighted by molar-refractivity contribution is 6.14. The molecule has 0 saturated carbocycles. The summed E-state index contributed by atoms with van der Waals surface area (Å²) in [5.74, 6) is 0.213. The molecule has 0 aliphatic carbocycles. The van der Waals surface area contributed by atoms with Crippen molar-refractivity contribution in [1.29, 1.82) is 0 Å². The van der Waals surface area contributed by atoms with E-state index in [0.29, 0.717) is 12.6 Å². The molecule has 4 amide bonds. The highest BCUT2D eigenvalue weighted by Gasteiger charge is 2.44. The number of piperidine rings is 1. The molecular formula is C24H34N4O3. The van der Waals surface area contributed by atoms with Crippen LogP contribution < -0.4 is 4.90 Å². The van der Waals surface area contributed by atoms with Gasteiger partial charge in [0.1, 0.15) is 6.04 Å². The summed E-state index contributed by atoms with van der Waals surface area (Å²) in [5.41, 5.74) is 1.87. The lowest BCUT2D eigenvalue weighted by atomic mass is 9.95. The van der Waals surface area contributed by atoms with Crippen LogP contribution in [0.4, 0.5) is 10.5 Å². The number of carbonyl (C=O) groups excluding carboxylic acids is 3. The van der Waals surface area contributed by atoms with Gasteiger partial charge in [-0.15, -0.1) is 0 Å². The van der Waals surface area contributed by atoms with Gasteiger partial charge in [0.15, 0.2) is 0 Å². The molecule has 31 heavy (non-hydrogen) atoms. The summed E-state index contributed by atoms with van der Waals surface area (Å²) in [4.78, 5) is 45.9. The smallest absolute Gasteiger partial charge is 0.333 e. The second-order valence-electron chi connectivity index (χ2n) is 9.20. The van der Waals surface area contributed by atoms with Gasteiger partial charge in [0, 0.05) is 37.8 Å². The van der Waals surface area contributed by atoms with E-state index in [2.05, 4.69) is 9.80 Å². The first-order chi connectivity index (χ1) is 15.0. The number of aryl methyl sites for hydroxylation is 1. The first-order valence-electron chi connectivity index (χ1n) is 11.7. The number of hydrogen-bond donors (Lipinski definition) is 0. The van der Waals surface area contributed by atoms with Crippen LogP contribution in [0.1, 0.15) is 51.0 Å². The zero-order valence-electron chi connectivity index (χ0n) is 18.8. The van der Waals surface area contributed by atoms with E-state index in [1.807, 2.05) is 31.2 Å². The lowest BCUT2D eigenvalue weighted by Gasteiger charge is -2.35. The Bertz CT molecular complexity index is 809. The van der Waals surface area contributed by atoms with Gasteiger partial charge >= 0.3 is 6.03 Å². The summed E-state index contributed by atoms with van der Waals surface area (Å²) in [6, 6.07) is 6.92.